The predicted octanol–water partition coefficient (Wildman–Crippen LogP) is 2.35. The zero-order valence-electron chi connectivity index (χ0n) is 11.5. The van der Waals surface area contributed by atoms with Crippen molar-refractivity contribution in [3.8, 4) is 0 Å². The number of halogens is 1. The van der Waals surface area contributed by atoms with Gasteiger partial charge in [-0.25, -0.2) is 8.42 Å². The minimum atomic E-state index is -3.67. The minimum absolute atomic E-state index is 0.0277. The molecule has 1 aromatic rings. The van der Waals surface area contributed by atoms with E-state index >= 15 is 0 Å². The fraction of sp³-hybridized carbons (Fsp3) is 0.417. The highest BCUT2D eigenvalue weighted by Gasteiger charge is 2.27. The number of thiocarbonyl (C=S) groups is 1. The molecule has 4 nitrogen and oxygen atoms in total. The van der Waals surface area contributed by atoms with E-state index in [1.54, 1.807) is 24.9 Å². The average molecular weight is 353 g/mol. The third-order valence-electron chi connectivity index (χ3n) is 2.90. The lowest BCUT2D eigenvalue weighted by Crippen LogP contribution is -2.36. The zero-order chi connectivity index (χ0) is 15.5. The van der Waals surface area contributed by atoms with Gasteiger partial charge in [-0.15, -0.1) is 0 Å². The van der Waals surface area contributed by atoms with Crippen molar-refractivity contribution in [3.05, 3.63) is 28.8 Å². The Morgan fingerprint density at radius 2 is 2.15 bits per heavy atom. The van der Waals surface area contributed by atoms with Gasteiger partial charge in [0.1, 0.15) is 9.88 Å². The first kappa shape index (κ1) is 17.7. The highest BCUT2D eigenvalue weighted by molar-refractivity contribution is 7.98. The highest BCUT2D eigenvalue weighted by Crippen LogP contribution is 2.26. The van der Waals surface area contributed by atoms with E-state index in [4.69, 9.17) is 29.6 Å². The maximum atomic E-state index is 12.6. The topological polar surface area (TPSA) is 63.4 Å². The van der Waals surface area contributed by atoms with Crippen molar-refractivity contribution in [3.63, 3.8) is 0 Å². The molecule has 0 spiro atoms. The normalized spacial score (nSPS) is 13.4. The molecule has 1 unspecified atom stereocenters. The molecule has 0 aliphatic heterocycles. The van der Waals surface area contributed by atoms with Gasteiger partial charge >= 0.3 is 0 Å². The Bertz CT molecular complexity index is 605. The third kappa shape index (κ3) is 3.85. The molecule has 0 bridgehead atoms. The first-order valence-corrected chi connectivity index (χ1v) is 9.40. The third-order valence-corrected chi connectivity index (χ3v) is 6.41. The number of sulfonamides is 1. The second-order valence-corrected chi connectivity index (χ2v) is 8.06. The minimum Gasteiger partial charge on any atom is -0.389 e. The molecule has 8 heteroatoms. The van der Waals surface area contributed by atoms with Crippen molar-refractivity contribution >= 4 is 50.6 Å². The molecule has 0 fully saturated rings. The molecule has 0 aliphatic rings. The number of hydrogen-bond donors (Lipinski definition) is 1. The van der Waals surface area contributed by atoms with Gasteiger partial charge in [-0.3, -0.25) is 0 Å². The summed E-state index contributed by atoms with van der Waals surface area (Å²) in [5.74, 6) is 0.697. The van der Waals surface area contributed by atoms with Crippen LogP contribution in [0.4, 0.5) is 0 Å². The van der Waals surface area contributed by atoms with Gasteiger partial charge in [-0.2, -0.15) is 16.1 Å². The van der Waals surface area contributed by atoms with Crippen molar-refractivity contribution in [2.45, 2.75) is 17.9 Å². The van der Waals surface area contributed by atoms with E-state index in [1.807, 2.05) is 13.2 Å². The standard InChI is InChI=1S/C12H17ClN2O2S3/c1-8(7-19-3)15(2)20(16,17)11-6-9(12(14)18)4-5-10(11)13/h4-6,8H,7H2,1-3H3,(H2,14,18). The van der Waals surface area contributed by atoms with Crippen LogP contribution in [0.25, 0.3) is 0 Å². The number of nitrogens with zero attached hydrogens (tertiary/aromatic N) is 1. The fourth-order valence-corrected chi connectivity index (χ4v) is 4.38. The molecule has 0 saturated carbocycles. The summed E-state index contributed by atoms with van der Waals surface area (Å²) < 4.78 is 26.5. The zero-order valence-corrected chi connectivity index (χ0v) is 14.7. The Hall–Kier alpha value is -0.340. The van der Waals surface area contributed by atoms with E-state index < -0.39 is 10.0 Å². The van der Waals surface area contributed by atoms with Crippen LogP contribution in [0.1, 0.15) is 12.5 Å². The Labute approximate surface area is 134 Å². The molecule has 0 saturated heterocycles. The molecule has 1 aromatic carbocycles. The molecule has 0 radical (unpaired) electrons. The Morgan fingerprint density at radius 1 is 1.55 bits per heavy atom. The van der Waals surface area contributed by atoms with Crippen LogP contribution >= 0.6 is 35.6 Å². The molecule has 1 rings (SSSR count). The summed E-state index contributed by atoms with van der Waals surface area (Å²) in [5.41, 5.74) is 6.02. The molecule has 0 amide bonds. The molecular formula is C12H17ClN2O2S3. The van der Waals surface area contributed by atoms with E-state index in [9.17, 15) is 8.42 Å². The lowest BCUT2D eigenvalue weighted by atomic mass is 10.2. The van der Waals surface area contributed by atoms with E-state index in [0.717, 1.165) is 0 Å². The van der Waals surface area contributed by atoms with Gasteiger partial charge in [0.25, 0.3) is 0 Å². The lowest BCUT2D eigenvalue weighted by Gasteiger charge is -2.24. The second-order valence-electron chi connectivity index (χ2n) is 4.34. The van der Waals surface area contributed by atoms with E-state index in [2.05, 4.69) is 0 Å². The molecular weight excluding hydrogens is 336 g/mol. The largest absolute Gasteiger partial charge is 0.389 e. The van der Waals surface area contributed by atoms with Crippen molar-refractivity contribution in [1.82, 2.24) is 4.31 Å². The SMILES string of the molecule is CSCC(C)N(C)S(=O)(=O)c1cc(C(N)=S)ccc1Cl. The van der Waals surface area contributed by atoms with E-state index in [0.29, 0.717) is 11.3 Å². The number of thioether (sulfide) groups is 1. The van der Waals surface area contributed by atoms with Crippen LogP contribution in [-0.4, -0.2) is 42.8 Å². The smallest absolute Gasteiger partial charge is 0.244 e. The molecule has 0 aliphatic carbocycles. The summed E-state index contributed by atoms with van der Waals surface area (Å²) in [7, 11) is -2.13. The van der Waals surface area contributed by atoms with Crippen molar-refractivity contribution in [2.75, 3.05) is 19.1 Å². The molecule has 2 N–H and O–H groups in total. The van der Waals surface area contributed by atoms with Gasteiger partial charge in [0.15, 0.2) is 0 Å². The predicted molar refractivity (Wildman–Crippen MR) is 90.1 cm³/mol. The van der Waals surface area contributed by atoms with Crippen molar-refractivity contribution in [2.24, 2.45) is 5.73 Å². The van der Waals surface area contributed by atoms with Crippen LogP contribution < -0.4 is 5.73 Å². The monoisotopic (exact) mass is 352 g/mol. The van der Waals surface area contributed by atoms with Gasteiger partial charge in [-0.05, 0) is 25.3 Å². The van der Waals surface area contributed by atoms with Gasteiger partial charge < -0.3 is 5.73 Å². The average Bonchev–Trinajstić information content (AvgIpc) is 2.37. The first-order chi connectivity index (χ1) is 9.21. The number of benzene rings is 1. The van der Waals surface area contributed by atoms with Crippen LogP contribution in [0.15, 0.2) is 23.1 Å². The van der Waals surface area contributed by atoms with E-state index in [-0.39, 0.29) is 20.9 Å². The van der Waals surface area contributed by atoms with Crippen LogP contribution in [0.3, 0.4) is 0 Å². The summed E-state index contributed by atoms with van der Waals surface area (Å²) in [6.45, 7) is 1.85. The molecule has 20 heavy (non-hydrogen) atoms. The lowest BCUT2D eigenvalue weighted by molar-refractivity contribution is 0.415. The van der Waals surface area contributed by atoms with Crippen LogP contribution in [0.2, 0.25) is 5.02 Å². The number of rotatable bonds is 6. The van der Waals surface area contributed by atoms with Crippen LogP contribution in [0.5, 0.6) is 0 Å². The van der Waals surface area contributed by atoms with Crippen LogP contribution in [0, 0.1) is 0 Å². The van der Waals surface area contributed by atoms with Gasteiger partial charge in [0, 0.05) is 24.4 Å². The summed E-state index contributed by atoms with van der Waals surface area (Å²) in [5, 5.41) is 0.160. The molecule has 0 aromatic heterocycles. The summed E-state index contributed by atoms with van der Waals surface area (Å²) >= 11 is 12.5. The summed E-state index contributed by atoms with van der Waals surface area (Å²) in [6, 6.07) is 4.38. The molecule has 0 heterocycles. The van der Waals surface area contributed by atoms with Crippen molar-refractivity contribution in [1.29, 1.82) is 0 Å². The maximum Gasteiger partial charge on any atom is 0.244 e. The number of nitrogens with two attached hydrogens (primary N) is 1. The van der Waals surface area contributed by atoms with Gasteiger partial charge in [-0.1, -0.05) is 29.9 Å². The quantitative estimate of drug-likeness (QED) is 0.796. The summed E-state index contributed by atoms with van der Waals surface area (Å²) in [6.07, 6.45) is 1.93. The Balaban J connectivity index is 3.27. The first-order valence-electron chi connectivity index (χ1n) is 5.78. The maximum absolute atomic E-state index is 12.6. The number of hydrogen-bond acceptors (Lipinski definition) is 4. The highest BCUT2D eigenvalue weighted by atomic mass is 35.5. The Kier molecular flexibility index (Phi) is 6.27. The fourth-order valence-electron chi connectivity index (χ4n) is 1.59. The Morgan fingerprint density at radius 3 is 2.65 bits per heavy atom. The summed E-state index contributed by atoms with van der Waals surface area (Å²) in [4.78, 5) is 0.165. The van der Waals surface area contributed by atoms with E-state index in [1.165, 1.54) is 16.4 Å². The van der Waals surface area contributed by atoms with Gasteiger partial charge in [0.05, 0.1) is 5.02 Å². The molecule has 1 atom stereocenters. The second kappa shape index (κ2) is 7.09. The molecule has 112 valence electrons. The van der Waals surface area contributed by atoms with Gasteiger partial charge in [0.2, 0.25) is 10.0 Å². The van der Waals surface area contributed by atoms with Crippen molar-refractivity contribution < 1.29 is 8.42 Å². The van der Waals surface area contributed by atoms with Crippen LogP contribution in [-0.2, 0) is 10.0 Å².